The Bertz CT molecular complexity index is 928. The molecular weight excluding hydrogens is 356 g/mol. The molecule has 7 heteroatoms. The molecule has 3 aromatic rings. The third-order valence-corrected chi connectivity index (χ3v) is 5.01. The van der Waals surface area contributed by atoms with E-state index in [4.69, 9.17) is 0 Å². The second-order valence-electron chi connectivity index (χ2n) is 5.73. The predicted octanol–water partition coefficient (Wildman–Crippen LogP) is 4.48. The standard InChI is InChI=1S/C19H17F2N3OS/c1-12(18(25)23-14-8-9-15(20)16(21)10-14)26-19-22-11-17(24(19)2)13-6-4-3-5-7-13/h3-12H,1-2H3,(H,23,25). The molecule has 0 aliphatic rings. The lowest BCUT2D eigenvalue weighted by molar-refractivity contribution is -0.115. The highest BCUT2D eigenvalue weighted by Gasteiger charge is 2.19. The first kappa shape index (κ1) is 18.1. The average Bonchev–Trinajstić information content (AvgIpc) is 2.99. The zero-order valence-corrected chi connectivity index (χ0v) is 15.1. The van der Waals surface area contributed by atoms with Crippen molar-refractivity contribution >= 4 is 23.4 Å². The highest BCUT2D eigenvalue weighted by molar-refractivity contribution is 8.00. The summed E-state index contributed by atoms with van der Waals surface area (Å²) in [6, 6.07) is 13.1. The molecule has 26 heavy (non-hydrogen) atoms. The van der Waals surface area contributed by atoms with Gasteiger partial charge in [-0.2, -0.15) is 0 Å². The van der Waals surface area contributed by atoms with Gasteiger partial charge in [-0.25, -0.2) is 13.8 Å². The molecule has 1 aromatic heterocycles. The van der Waals surface area contributed by atoms with Crippen LogP contribution in [0.15, 0.2) is 59.9 Å². The molecule has 0 saturated carbocycles. The van der Waals surface area contributed by atoms with Crippen molar-refractivity contribution in [3.05, 3.63) is 66.4 Å². The Kier molecular flexibility index (Phi) is 5.37. The quantitative estimate of drug-likeness (QED) is 0.671. The average molecular weight is 373 g/mol. The van der Waals surface area contributed by atoms with Crippen molar-refractivity contribution in [2.75, 3.05) is 5.32 Å². The first-order chi connectivity index (χ1) is 12.5. The molecule has 0 saturated heterocycles. The van der Waals surface area contributed by atoms with E-state index in [0.29, 0.717) is 5.16 Å². The monoisotopic (exact) mass is 373 g/mol. The number of thioether (sulfide) groups is 1. The number of rotatable bonds is 5. The second kappa shape index (κ2) is 7.70. The third-order valence-electron chi connectivity index (χ3n) is 3.85. The van der Waals surface area contributed by atoms with E-state index in [1.54, 1.807) is 13.1 Å². The summed E-state index contributed by atoms with van der Waals surface area (Å²) in [6.45, 7) is 1.73. The Morgan fingerprint density at radius 3 is 2.58 bits per heavy atom. The van der Waals surface area contributed by atoms with Gasteiger partial charge in [0.05, 0.1) is 17.1 Å². The summed E-state index contributed by atoms with van der Waals surface area (Å²) in [4.78, 5) is 16.7. The Morgan fingerprint density at radius 1 is 1.15 bits per heavy atom. The minimum Gasteiger partial charge on any atom is -0.325 e. The van der Waals surface area contributed by atoms with Gasteiger partial charge in [0.15, 0.2) is 16.8 Å². The zero-order valence-electron chi connectivity index (χ0n) is 14.2. The number of hydrogen-bond acceptors (Lipinski definition) is 3. The first-order valence-corrected chi connectivity index (χ1v) is 8.83. The normalized spacial score (nSPS) is 12.0. The number of halogens is 2. The molecule has 3 rings (SSSR count). The number of anilines is 1. The maximum absolute atomic E-state index is 13.2. The van der Waals surface area contributed by atoms with Gasteiger partial charge in [-0.05, 0) is 24.6 Å². The van der Waals surface area contributed by atoms with Crippen molar-refractivity contribution in [3.63, 3.8) is 0 Å². The minimum atomic E-state index is -1.00. The molecule has 1 N–H and O–H groups in total. The maximum Gasteiger partial charge on any atom is 0.237 e. The molecule has 2 aromatic carbocycles. The number of benzene rings is 2. The number of nitrogens with zero attached hydrogens (tertiary/aromatic N) is 2. The molecule has 0 bridgehead atoms. The van der Waals surface area contributed by atoms with Gasteiger partial charge in [0.25, 0.3) is 0 Å². The van der Waals surface area contributed by atoms with Crippen molar-refractivity contribution in [2.45, 2.75) is 17.3 Å². The van der Waals surface area contributed by atoms with E-state index >= 15 is 0 Å². The van der Waals surface area contributed by atoms with Crippen LogP contribution < -0.4 is 5.32 Å². The van der Waals surface area contributed by atoms with E-state index in [1.807, 2.05) is 41.9 Å². The molecule has 1 atom stereocenters. The van der Waals surface area contributed by atoms with Crippen LogP contribution in [0.4, 0.5) is 14.5 Å². The highest BCUT2D eigenvalue weighted by atomic mass is 32.2. The van der Waals surface area contributed by atoms with Gasteiger partial charge < -0.3 is 9.88 Å². The van der Waals surface area contributed by atoms with Crippen molar-refractivity contribution in [1.82, 2.24) is 9.55 Å². The molecule has 1 amide bonds. The van der Waals surface area contributed by atoms with E-state index in [1.165, 1.54) is 17.8 Å². The van der Waals surface area contributed by atoms with Crippen molar-refractivity contribution < 1.29 is 13.6 Å². The van der Waals surface area contributed by atoms with Crippen LogP contribution in [0.1, 0.15) is 6.92 Å². The molecule has 1 unspecified atom stereocenters. The number of imidazole rings is 1. The van der Waals surface area contributed by atoms with E-state index in [0.717, 1.165) is 23.4 Å². The van der Waals surface area contributed by atoms with Crippen LogP contribution >= 0.6 is 11.8 Å². The predicted molar refractivity (Wildman–Crippen MR) is 99.0 cm³/mol. The van der Waals surface area contributed by atoms with Crippen LogP contribution in [0.3, 0.4) is 0 Å². The number of nitrogens with one attached hydrogen (secondary N) is 1. The molecule has 0 spiro atoms. The van der Waals surface area contributed by atoms with E-state index in [-0.39, 0.29) is 11.6 Å². The SMILES string of the molecule is CC(Sc1ncc(-c2ccccc2)n1C)C(=O)Nc1ccc(F)c(F)c1. The highest BCUT2D eigenvalue weighted by Crippen LogP contribution is 2.28. The van der Waals surface area contributed by atoms with Gasteiger partial charge in [0.1, 0.15) is 0 Å². The number of carbonyl (C=O) groups is 1. The first-order valence-electron chi connectivity index (χ1n) is 7.95. The fraction of sp³-hybridized carbons (Fsp3) is 0.158. The topological polar surface area (TPSA) is 46.9 Å². The minimum absolute atomic E-state index is 0.214. The van der Waals surface area contributed by atoms with Crippen LogP contribution in [-0.4, -0.2) is 20.7 Å². The second-order valence-corrected chi connectivity index (χ2v) is 7.04. The maximum atomic E-state index is 13.2. The van der Waals surface area contributed by atoms with Crippen LogP contribution in [-0.2, 0) is 11.8 Å². The molecule has 0 aliphatic carbocycles. The molecule has 0 fully saturated rings. The van der Waals surface area contributed by atoms with E-state index in [9.17, 15) is 13.6 Å². The number of amides is 1. The number of carbonyl (C=O) groups excluding carboxylic acids is 1. The van der Waals surface area contributed by atoms with Crippen molar-refractivity contribution in [1.29, 1.82) is 0 Å². The summed E-state index contributed by atoms with van der Waals surface area (Å²) in [6.07, 6.45) is 1.76. The van der Waals surface area contributed by atoms with Gasteiger partial charge in [-0.1, -0.05) is 42.1 Å². The van der Waals surface area contributed by atoms with Gasteiger partial charge in [0.2, 0.25) is 5.91 Å². The van der Waals surface area contributed by atoms with Crippen molar-refractivity contribution in [3.8, 4) is 11.3 Å². The molecule has 134 valence electrons. The summed E-state index contributed by atoms with van der Waals surface area (Å²) in [5.74, 6) is -2.27. The Hall–Kier alpha value is -2.67. The van der Waals surface area contributed by atoms with Crippen LogP contribution in [0, 0.1) is 11.6 Å². The largest absolute Gasteiger partial charge is 0.325 e. The van der Waals surface area contributed by atoms with Crippen LogP contribution in [0.25, 0.3) is 11.3 Å². The van der Waals surface area contributed by atoms with Gasteiger partial charge in [-0.15, -0.1) is 0 Å². The zero-order chi connectivity index (χ0) is 18.7. The van der Waals surface area contributed by atoms with Crippen LogP contribution in [0.5, 0.6) is 0 Å². The van der Waals surface area contributed by atoms with Crippen LogP contribution in [0.2, 0.25) is 0 Å². The smallest absolute Gasteiger partial charge is 0.237 e. The van der Waals surface area contributed by atoms with Gasteiger partial charge in [0, 0.05) is 18.8 Å². The van der Waals surface area contributed by atoms with E-state index < -0.39 is 16.9 Å². The Labute approximate surface area is 154 Å². The Balaban J connectivity index is 1.69. The number of aromatic nitrogens is 2. The van der Waals surface area contributed by atoms with Crippen molar-refractivity contribution in [2.24, 2.45) is 7.05 Å². The fourth-order valence-electron chi connectivity index (χ4n) is 2.41. The fourth-order valence-corrected chi connectivity index (χ4v) is 3.26. The molecular formula is C19H17F2N3OS. The third kappa shape index (κ3) is 3.94. The molecule has 1 heterocycles. The summed E-state index contributed by atoms with van der Waals surface area (Å²) in [5.41, 5.74) is 2.20. The van der Waals surface area contributed by atoms with Gasteiger partial charge in [-0.3, -0.25) is 4.79 Å². The lowest BCUT2D eigenvalue weighted by Gasteiger charge is -2.12. The molecule has 0 radical (unpaired) electrons. The summed E-state index contributed by atoms with van der Waals surface area (Å²) >= 11 is 1.29. The molecule has 4 nitrogen and oxygen atoms in total. The Morgan fingerprint density at radius 2 is 1.88 bits per heavy atom. The summed E-state index contributed by atoms with van der Waals surface area (Å²) in [5, 5.41) is 2.81. The van der Waals surface area contributed by atoms with Gasteiger partial charge >= 0.3 is 0 Å². The van der Waals surface area contributed by atoms with E-state index in [2.05, 4.69) is 10.3 Å². The number of hydrogen-bond donors (Lipinski definition) is 1. The lowest BCUT2D eigenvalue weighted by atomic mass is 10.2. The summed E-state index contributed by atoms with van der Waals surface area (Å²) in [7, 11) is 1.89. The molecule has 0 aliphatic heterocycles. The summed E-state index contributed by atoms with van der Waals surface area (Å²) < 4.78 is 28.1. The lowest BCUT2D eigenvalue weighted by Crippen LogP contribution is -2.23.